The zero-order valence-electron chi connectivity index (χ0n) is 15.2. The molecule has 0 atom stereocenters. The summed E-state index contributed by atoms with van der Waals surface area (Å²) in [5.74, 6) is -1.24. The fourth-order valence-corrected chi connectivity index (χ4v) is 2.05. The Morgan fingerprint density at radius 2 is 1.79 bits per heavy atom. The Kier molecular flexibility index (Phi) is 6.51. The van der Waals surface area contributed by atoms with Crippen molar-refractivity contribution in [3.05, 3.63) is 34.9 Å². The average Bonchev–Trinajstić information content (AvgIpc) is 2.45. The number of benzene rings is 1. The Hall–Kier alpha value is -2.37. The molecule has 0 aromatic heterocycles. The van der Waals surface area contributed by atoms with Crippen molar-refractivity contribution in [1.29, 1.82) is 0 Å². The molecule has 24 heavy (non-hydrogen) atoms. The van der Waals surface area contributed by atoms with Crippen LogP contribution < -0.4 is 5.32 Å². The first-order chi connectivity index (χ1) is 11.0. The summed E-state index contributed by atoms with van der Waals surface area (Å²) in [4.78, 5) is 37.1. The molecule has 1 rings (SSSR count). The number of carbonyl (C=O) groups excluding carboxylic acids is 3. The largest absolute Gasteiger partial charge is 0.452 e. The lowest BCUT2D eigenvalue weighted by molar-refractivity contribution is -0.137. The van der Waals surface area contributed by atoms with E-state index < -0.39 is 18.5 Å². The summed E-state index contributed by atoms with van der Waals surface area (Å²) in [5.41, 5.74) is 1.88. The SMILES string of the molecule is Cc1cccc(C(=O)OCC(=O)N(C)CC(=O)NC(C)(C)C)c1C. The first kappa shape index (κ1) is 19.7. The maximum Gasteiger partial charge on any atom is 0.338 e. The second-order valence-corrected chi connectivity index (χ2v) is 6.87. The molecule has 0 heterocycles. The maximum absolute atomic E-state index is 12.1. The van der Waals surface area contributed by atoms with Crippen LogP contribution in [0.3, 0.4) is 0 Å². The highest BCUT2D eigenvalue weighted by atomic mass is 16.5. The van der Waals surface area contributed by atoms with Crippen molar-refractivity contribution in [1.82, 2.24) is 10.2 Å². The number of nitrogens with zero attached hydrogens (tertiary/aromatic N) is 1. The highest BCUT2D eigenvalue weighted by molar-refractivity contribution is 5.93. The Labute approximate surface area is 143 Å². The lowest BCUT2D eigenvalue weighted by atomic mass is 10.0. The Balaban J connectivity index is 2.54. The number of esters is 1. The minimum absolute atomic E-state index is 0.0862. The van der Waals surface area contributed by atoms with Crippen LogP contribution in [0.5, 0.6) is 0 Å². The summed E-state index contributed by atoms with van der Waals surface area (Å²) in [6.45, 7) is 8.83. The van der Waals surface area contributed by atoms with Gasteiger partial charge in [-0.2, -0.15) is 0 Å². The summed E-state index contributed by atoms with van der Waals surface area (Å²) in [7, 11) is 1.50. The molecule has 0 saturated carbocycles. The first-order valence-corrected chi connectivity index (χ1v) is 7.79. The lowest BCUT2D eigenvalue weighted by Gasteiger charge is -2.23. The molecule has 0 aliphatic rings. The van der Waals surface area contributed by atoms with Crippen molar-refractivity contribution in [2.45, 2.75) is 40.2 Å². The van der Waals surface area contributed by atoms with Gasteiger partial charge in [0.15, 0.2) is 6.61 Å². The smallest absolute Gasteiger partial charge is 0.338 e. The molecular weight excluding hydrogens is 308 g/mol. The van der Waals surface area contributed by atoms with Gasteiger partial charge in [-0.25, -0.2) is 4.79 Å². The number of hydrogen-bond acceptors (Lipinski definition) is 4. The standard InChI is InChI=1S/C18H26N2O4/c1-12-8-7-9-14(13(12)2)17(23)24-11-16(22)20(6)10-15(21)19-18(3,4)5/h7-9H,10-11H2,1-6H3,(H,19,21). The second kappa shape index (κ2) is 7.95. The van der Waals surface area contributed by atoms with Gasteiger partial charge in [0, 0.05) is 12.6 Å². The third-order valence-electron chi connectivity index (χ3n) is 3.47. The van der Waals surface area contributed by atoms with Crippen LogP contribution in [-0.4, -0.2) is 48.4 Å². The molecule has 0 saturated heterocycles. The van der Waals surface area contributed by atoms with Crippen LogP contribution in [0.25, 0.3) is 0 Å². The van der Waals surface area contributed by atoms with E-state index in [1.165, 1.54) is 11.9 Å². The minimum Gasteiger partial charge on any atom is -0.452 e. The summed E-state index contributed by atoms with van der Waals surface area (Å²) < 4.78 is 5.07. The number of rotatable bonds is 5. The number of carbonyl (C=O) groups is 3. The van der Waals surface area contributed by atoms with Crippen LogP contribution in [-0.2, 0) is 14.3 Å². The zero-order valence-corrected chi connectivity index (χ0v) is 15.2. The Morgan fingerprint density at radius 1 is 1.17 bits per heavy atom. The molecule has 6 nitrogen and oxygen atoms in total. The normalized spacial score (nSPS) is 10.9. The van der Waals surface area contributed by atoms with E-state index >= 15 is 0 Å². The molecule has 1 aromatic rings. The van der Waals surface area contributed by atoms with Gasteiger partial charge in [0.1, 0.15) is 0 Å². The van der Waals surface area contributed by atoms with Gasteiger partial charge < -0.3 is 15.0 Å². The second-order valence-electron chi connectivity index (χ2n) is 6.87. The van der Waals surface area contributed by atoms with Gasteiger partial charge in [-0.05, 0) is 51.8 Å². The van der Waals surface area contributed by atoms with E-state index in [4.69, 9.17) is 4.74 Å². The first-order valence-electron chi connectivity index (χ1n) is 7.79. The molecule has 2 amide bonds. The van der Waals surface area contributed by atoms with E-state index in [0.717, 1.165) is 11.1 Å². The van der Waals surface area contributed by atoms with E-state index in [9.17, 15) is 14.4 Å². The summed E-state index contributed by atoms with van der Waals surface area (Å²) in [6.07, 6.45) is 0. The maximum atomic E-state index is 12.1. The Morgan fingerprint density at radius 3 is 2.38 bits per heavy atom. The number of nitrogens with one attached hydrogen (secondary N) is 1. The van der Waals surface area contributed by atoms with Crippen LogP contribution in [0.15, 0.2) is 18.2 Å². The van der Waals surface area contributed by atoms with Gasteiger partial charge in [0.25, 0.3) is 5.91 Å². The predicted molar refractivity (Wildman–Crippen MR) is 91.7 cm³/mol. The lowest BCUT2D eigenvalue weighted by Crippen LogP contribution is -2.46. The van der Waals surface area contributed by atoms with Gasteiger partial charge >= 0.3 is 5.97 Å². The molecule has 132 valence electrons. The molecule has 0 unspecified atom stereocenters. The van der Waals surface area contributed by atoms with Crippen LogP contribution >= 0.6 is 0 Å². The fraction of sp³-hybridized carbons (Fsp3) is 0.500. The van der Waals surface area contributed by atoms with Gasteiger partial charge in [0.05, 0.1) is 12.1 Å². The molecule has 1 aromatic carbocycles. The number of amides is 2. The van der Waals surface area contributed by atoms with E-state index in [1.807, 2.05) is 40.7 Å². The quantitative estimate of drug-likeness (QED) is 0.834. The van der Waals surface area contributed by atoms with Gasteiger partial charge in [-0.1, -0.05) is 12.1 Å². The summed E-state index contributed by atoms with van der Waals surface area (Å²) in [5, 5.41) is 2.77. The number of likely N-dealkylation sites (N-methyl/N-ethyl adjacent to an activating group) is 1. The summed E-state index contributed by atoms with van der Waals surface area (Å²) >= 11 is 0. The highest BCUT2D eigenvalue weighted by Gasteiger charge is 2.19. The molecule has 0 spiro atoms. The van der Waals surface area contributed by atoms with E-state index in [1.54, 1.807) is 12.1 Å². The van der Waals surface area contributed by atoms with Crippen LogP contribution in [0.2, 0.25) is 0 Å². The van der Waals surface area contributed by atoms with Crippen molar-refractivity contribution in [2.24, 2.45) is 0 Å². The van der Waals surface area contributed by atoms with Crippen LogP contribution in [0.1, 0.15) is 42.3 Å². The molecule has 0 radical (unpaired) electrons. The molecular formula is C18H26N2O4. The van der Waals surface area contributed by atoms with Crippen molar-refractivity contribution in [3.8, 4) is 0 Å². The predicted octanol–water partition coefficient (Wildman–Crippen LogP) is 1.83. The van der Waals surface area contributed by atoms with Crippen LogP contribution in [0.4, 0.5) is 0 Å². The number of ether oxygens (including phenoxy) is 1. The van der Waals surface area contributed by atoms with Gasteiger partial charge in [-0.3, -0.25) is 9.59 Å². The van der Waals surface area contributed by atoms with Crippen molar-refractivity contribution in [2.75, 3.05) is 20.2 Å². The average molecular weight is 334 g/mol. The van der Waals surface area contributed by atoms with Gasteiger partial charge in [-0.15, -0.1) is 0 Å². The molecule has 0 fully saturated rings. The zero-order chi connectivity index (χ0) is 18.5. The van der Waals surface area contributed by atoms with E-state index in [2.05, 4.69) is 5.32 Å². The van der Waals surface area contributed by atoms with Gasteiger partial charge in [0.2, 0.25) is 5.91 Å². The molecule has 1 N–H and O–H groups in total. The molecule has 0 bridgehead atoms. The van der Waals surface area contributed by atoms with Crippen molar-refractivity contribution in [3.63, 3.8) is 0 Å². The fourth-order valence-electron chi connectivity index (χ4n) is 2.05. The number of aryl methyl sites for hydroxylation is 1. The summed E-state index contributed by atoms with van der Waals surface area (Å²) in [6, 6.07) is 5.33. The monoisotopic (exact) mass is 334 g/mol. The molecule has 0 aliphatic carbocycles. The molecule has 6 heteroatoms. The highest BCUT2D eigenvalue weighted by Crippen LogP contribution is 2.13. The third kappa shape index (κ3) is 6.02. The number of hydrogen-bond donors (Lipinski definition) is 1. The molecule has 0 aliphatic heterocycles. The van der Waals surface area contributed by atoms with E-state index in [0.29, 0.717) is 5.56 Å². The third-order valence-corrected chi connectivity index (χ3v) is 3.47. The minimum atomic E-state index is -0.544. The Bertz CT molecular complexity index is 632. The van der Waals surface area contributed by atoms with E-state index in [-0.39, 0.29) is 18.0 Å². The van der Waals surface area contributed by atoms with Crippen LogP contribution in [0, 0.1) is 13.8 Å². The topological polar surface area (TPSA) is 75.7 Å². The van der Waals surface area contributed by atoms with Crippen molar-refractivity contribution < 1.29 is 19.1 Å². The van der Waals surface area contributed by atoms with Crippen molar-refractivity contribution >= 4 is 17.8 Å².